The van der Waals surface area contributed by atoms with Crippen LogP contribution in [0.2, 0.25) is 0 Å². The molecule has 0 radical (unpaired) electrons. The third-order valence-electron chi connectivity index (χ3n) is 13.2. The van der Waals surface area contributed by atoms with Crippen molar-refractivity contribution in [3.63, 3.8) is 0 Å². The molecule has 2 nitrogen and oxygen atoms in total. The molecule has 1 aliphatic carbocycles. The van der Waals surface area contributed by atoms with Gasteiger partial charge < -0.3 is 9.47 Å². The number of benzene rings is 10. The van der Waals surface area contributed by atoms with E-state index in [-0.39, 0.29) is 5.41 Å². The standard InChI is InChI=1S/C59H42N2/c1-59(2)55-37-47(32-34-51(55)52-35-33-48(38-56(52)59)61-57-20-9-7-17-53(57)54-18-8-10-21-58(54)61)60(45-28-24-40(25-29-45)44-23-22-39-12-3-4-14-43(39)36-44)46-30-26-42(27-31-46)50-19-11-15-41-13-5-6-16-49(41)50/h3-38H,1-2H3. The molecule has 1 heterocycles. The smallest absolute Gasteiger partial charge is 0.0541 e. The Morgan fingerprint density at radius 3 is 1.57 bits per heavy atom. The summed E-state index contributed by atoms with van der Waals surface area (Å²) >= 11 is 0. The van der Waals surface area contributed by atoms with Crippen molar-refractivity contribution in [1.29, 1.82) is 0 Å². The van der Waals surface area contributed by atoms with E-state index in [1.807, 2.05) is 0 Å². The van der Waals surface area contributed by atoms with E-state index >= 15 is 0 Å². The van der Waals surface area contributed by atoms with Crippen LogP contribution in [-0.4, -0.2) is 4.57 Å². The minimum Gasteiger partial charge on any atom is -0.310 e. The quantitative estimate of drug-likeness (QED) is 0.163. The normalized spacial score (nSPS) is 12.9. The van der Waals surface area contributed by atoms with E-state index in [4.69, 9.17) is 0 Å². The first-order valence-corrected chi connectivity index (χ1v) is 21.3. The molecule has 0 unspecified atom stereocenters. The Kier molecular flexibility index (Phi) is 7.92. The van der Waals surface area contributed by atoms with Gasteiger partial charge in [0.2, 0.25) is 0 Å². The van der Waals surface area contributed by atoms with Crippen LogP contribution in [0, 0.1) is 0 Å². The Morgan fingerprint density at radius 2 is 0.869 bits per heavy atom. The lowest BCUT2D eigenvalue weighted by Crippen LogP contribution is -2.17. The van der Waals surface area contributed by atoms with Crippen molar-refractivity contribution in [2.45, 2.75) is 19.3 Å². The first-order chi connectivity index (χ1) is 30.0. The highest BCUT2D eigenvalue weighted by Gasteiger charge is 2.36. The second-order valence-corrected chi connectivity index (χ2v) is 17.0. The predicted octanol–water partition coefficient (Wildman–Crippen LogP) is 16.2. The number of rotatable bonds is 6. The Labute approximate surface area is 356 Å². The van der Waals surface area contributed by atoms with Gasteiger partial charge in [-0.15, -0.1) is 0 Å². The fourth-order valence-corrected chi connectivity index (χ4v) is 10.1. The summed E-state index contributed by atoms with van der Waals surface area (Å²) in [5.41, 5.74) is 17.0. The van der Waals surface area contributed by atoms with E-state index in [0.717, 1.165) is 17.1 Å². The molecule has 0 saturated carbocycles. The minimum atomic E-state index is -0.223. The molecule has 12 rings (SSSR count). The summed E-state index contributed by atoms with van der Waals surface area (Å²) in [6.45, 7) is 4.78. The van der Waals surface area contributed by atoms with Crippen molar-refractivity contribution in [3.05, 3.63) is 230 Å². The molecule has 1 aromatic heterocycles. The zero-order valence-electron chi connectivity index (χ0n) is 34.2. The van der Waals surface area contributed by atoms with Gasteiger partial charge in [0.25, 0.3) is 0 Å². The van der Waals surface area contributed by atoms with Crippen molar-refractivity contribution in [3.8, 4) is 39.1 Å². The molecule has 2 heteroatoms. The number of hydrogen-bond donors (Lipinski definition) is 0. The van der Waals surface area contributed by atoms with Gasteiger partial charge in [0.1, 0.15) is 0 Å². The van der Waals surface area contributed by atoms with Crippen LogP contribution in [0.4, 0.5) is 17.1 Å². The minimum absolute atomic E-state index is 0.223. The highest BCUT2D eigenvalue weighted by Crippen LogP contribution is 2.52. The largest absolute Gasteiger partial charge is 0.310 e. The molecule has 0 amide bonds. The Hall–Kier alpha value is -7.68. The van der Waals surface area contributed by atoms with Gasteiger partial charge in [-0.2, -0.15) is 0 Å². The van der Waals surface area contributed by atoms with E-state index in [9.17, 15) is 0 Å². The summed E-state index contributed by atoms with van der Waals surface area (Å²) < 4.78 is 2.43. The number of aromatic nitrogens is 1. The van der Waals surface area contributed by atoms with Crippen LogP contribution in [0.3, 0.4) is 0 Å². The second kappa shape index (κ2) is 13.7. The molecule has 288 valence electrons. The summed E-state index contributed by atoms with van der Waals surface area (Å²) in [6.07, 6.45) is 0. The molecule has 0 bridgehead atoms. The number of anilines is 3. The predicted molar refractivity (Wildman–Crippen MR) is 259 cm³/mol. The van der Waals surface area contributed by atoms with E-state index in [1.54, 1.807) is 0 Å². The summed E-state index contributed by atoms with van der Waals surface area (Å²) in [5.74, 6) is 0. The topological polar surface area (TPSA) is 8.17 Å². The molecular formula is C59H42N2. The van der Waals surface area contributed by atoms with Gasteiger partial charge in [-0.3, -0.25) is 0 Å². The maximum Gasteiger partial charge on any atom is 0.0541 e. The summed E-state index contributed by atoms with van der Waals surface area (Å²) in [5, 5.41) is 7.58. The van der Waals surface area contributed by atoms with Crippen molar-refractivity contribution in [1.82, 2.24) is 4.57 Å². The first kappa shape index (κ1) is 35.3. The third kappa shape index (κ3) is 5.64. The fourth-order valence-electron chi connectivity index (χ4n) is 10.1. The number of hydrogen-bond acceptors (Lipinski definition) is 1. The summed E-state index contributed by atoms with van der Waals surface area (Å²) in [4.78, 5) is 2.42. The van der Waals surface area contributed by atoms with Gasteiger partial charge >= 0.3 is 0 Å². The van der Waals surface area contributed by atoms with Crippen molar-refractivity contribution in [2.24, 2.45) is 0 Å². The number of para-hydroxylation sites is 2. The van der Waals surface area contributed by atoms with E-state index < -0.39 is 0 Å². The molecule has 10 aromatic carbocycles. The zero-order valence-corrected chi connectivity index (χ0v) is 34.2. The third-order valence-corrected chi connectivity index (χ3v) is 13.2. The first-order valence-electron chi connectivity index (χ1n) is 21.3. The van der Waals surface area contributed by atoms with E-state index in [2.05, 4.69) is 242 Å². The maximum absolute atomic E-state index is 2.44. The maximum atomic E-state index is 2.44. The van der Waals surface area contributed by atoms with Crippen LogP contribution in [0.1, 0.15) is 25.0 Å². The molecule has 0 aliphatic heterocycles. The lowest BCUT2D eigenvalue weighted by atomic mass is 9.82. The van der Waals surface area contributed by atoms with Gasteiger partial charge in [0, 0.05) is 38.9 Å². The van der Waals surface area contributed by atoms with Crippen LogP contribution in [-0.2, 0) is 5.41 Å². The second-order valence-electron chi connectivity index (χ2n) is 17.0. The summed E-state index contributed by atoms with van der Waals surface area (Å²) in [7, 11) is 0. The fraction of sp³-hybridized carbons (Fsp3) is 0.0508. The van der Waals surface area contributed by atoms with Crippen molar-refractivity contribution in [2.75, 3.05) is 4.90 Å². The highest BCUT2D eigenvalue weighted by molar-refractivity contribution is 6.09. The molecule has 11 aromatic rings. The molecule has 0 fully saturated rings. The van der Waals surface area contributed by atoms with Crippen LogP contribution >= 0.6 is 0 Å². The average Bonchev–Trinajstić information content (AvgIpc) is 3.77. The SMILES string of the molecule is CC1(C)c2cc(N(c3ccc(-c4ccc5ccccc5c4)cc3)c3ccc(-c4cccc5ccccc45)cc3)ccc2-c2ccc(-n3c4ccccc4c4ccccc43)cc21. The lowest BCUT2D eigenvalue weighted by Gasteiger charge is -2.28. The van der Waals surface area contributed by atoms with Gasteiger partial charge in [-0.25, -0.2) is 0 Å². The number of nitrogens with zero attached hydrogens (tertiary/aromatic N) is 2. The Bertz CT molecular complexity index is 3440. The van der Waals surface area contributed by atoms with E-state index in [0.29, 0.717) is 0 Å². The molecular weight excluding hydrogens is 737 g/mol. The Balaban J connectivity index is 0.964. The summed E-state index contributed by atoms with van der Waals surface area (Å²) in [6, 6.07) is 80.4. The van der Waals surface area contributed by atoms with Gasteiger partial charge in [-0.1, -0.05) is 166 Å². The Morgan fingerprint density at radius 1 is 0.344 bits per heavy atom. The number of fused-ring (bicyclic) bond motifs is 8. The van der Waals surface area contributed by atoms with Gasteiger partial charge in [0.05, 0.1) is 11.0 Å². The van der Waals surface area contributed by atoms with Crippen molar-refractivity contribution >= 4 is 60.4 Å². The molecule has 1 aliphatic rings. The van der Waals surface area contributed by atoms with Crippen LogP contribution in [0.25, 0.3) is 82.4 Å². The monoisotopic (exact) mass is 778 g/mol. The molecule has 0 atom stereocenters. The lowest BCUT2D eigenvalue weighted by molar-refractivity contribution is 0.660. The van der Waals surface area contributed by atoms with Crippen molar-refractivity contribution < 1.29 is 0 Å². The zero-order chi connectivity index (χ0) is 40.7. The molecule has 0 N–H and O–H groups in total. The molecule has 61 heavy (non-hydrogen) atoms. The van der Waals surface area contributed by atoms with Crippen LogP contribution in [0.5, 0.6) is 0 Å². The van der Waals surface area contributed by atoms with Gasteiger partial charge in [0.15, 0.2) is 0 Å². The van der Waals surface area contributed by atoms with E-state index in [1.165, 1.54) is 93.5 Å². The highest BCUT2D eigenvalue weighted by atomic mass is 15.1. The molecule has 0 saturated heterocycles. The molecule has 0 spiro atoms. The van der Waals surface area contributed by atoms with Crippen LogP contribution < -0.4 is 4.90 Å². The van der Waals surface area contributed by atoms with Crippen LogP contribution in [0.15, 0.2) is 218 Å². The van der Waals surface area contributed by atoms with Gasteiger partial charge in [-0.05, 0) is 133 Å². The average molecular weight is 779 g/mol.